The van der Waals surface area contributed by atoms with Gasteiger partial charge in [0.05, 0.1) is 6.26 Å². The number of sulfonamides is 1. The molecule has 130 valence electrons. The summed E-state index contributed by atoms with van der Waals surface area (Å²) >= 11 is 0. The van der Waals surface area contributed by atoms with Crippen LogP contribution in [0, 0.1) is 5.92 Å². The zero-order valence-corrected chi connectivity index (χ0v) is 16.4. The van der Waals surface area contributed by atoms with Crippen molar-refractivity contribution in [2.45, 2.75) is 63.5 Å². The van der Waals surface area contributed by atoms with Crippen LogP contribution in [0.25, 0.3) is 0 Å². The number of nitrogens with one attached hydrogen (secondary N) is 2. The summed E-state index contributed by atoms with van der Waals surface area (Å²) in [6.07, 6.45) is 10.3. The van der Waals surface area contributed by atoms with Crippen LogP contribution < -0.4 is 15.8 Å². The van der Waals surface area contributed by atoms with E-state index < -0.39 is 10.0 Å². The van der Waals surface area contributed by atoms with Gasteiger partial charge in [0.25, 0.3) is 0 Å². The molecular weight excluding hydrogens is 415 g/mol. The maximum Gasteiger partial charge on any atom is 0.208 e. The van der Waals surface area contributed by atoms with E-state index in [9.17, 15) is 8.42 Å². The maximum absolute atomic E-state index is 11.3. The van der Waals surface area contributed by atoms with Crippen LogP contribution in [-0.2, 0) is 10.0 Å². The van der Waals surface area contributed by atoms with Gasteiger partial charge in [-0.2, -0.15) is 0 Å². The van der Waals surface area contributed by atoms with Crippen molar-refractivity contribution in [3.63, 3.8) is 0 Å². The number of guanidine groups is 1. The van der Waals surface area contributed by atoms with E-state index in [1.54, 1.807) is 0 Å². The van der Waals surface area contributed by atoms with Crippen molar-refractivity contribution in [2.75, 3.05) is 12.8 Å². The highest BCUT2D eigenvalue weighted by molar-refractivity contribution is 14.0. The Morgan fingerprint density at radius 3 is 2.45 bits per heavy atom. The van der Waals surface area contributed by atoms with Gasteiger partial charge in [-0.3, -0.25) is 4.99 Å². The molecule has 6 nitrogen and oxygen atoms in total. The van der Waals surface area contributed by atoms with Gasteiger partial charge >= 0.3 is 0 Å². The summed E-state index contributed by atoms with van der Waals surface area (Å²) in [7, 11) is -3.15. The molecule has 0 amide bonds. The number of hydrogen-bond donors (Lipinski definition) is 3. The van der Waals surface area contributed by atoms with Crippen molar-refractivity contribution in [3.8, 4) is 0 Å². The zero-order valence-electron chi connectivity index (χ0n) is 13.3. The Bertz CT molecular complexity index is 463. The first-order chi connectivity index (χ1) is 9.94. The Morgan fingerprint density at radius 1 is 1.14 bits per heavy atom. The van der Waals surface area contributed by atoms with Gasteiger partial charge in [0.2, 0.25) is 10.0 Å². The second-order valence-corrected chi connectivity index (χ2v) is 8.17. The minimum absolute atomic E-state index is 0. The van der Waals surface area contributed by atoms with E-state index in [1.165, 1.54) is 25.5 Å². The predicted molar refractivity (Wildman–Crippen MR) is 101 cm³/mol. The zero-order chi connectivity index (χ0) is 15.3. The van der Waals surface area contributed by atoms with E-state index >= 15 is 0 Å². The molecule has 2 rings (SSSR count). The van der Waals surface area contributed by atoms with Crippen molar-refractivity contribution in [3.05, 3.63) is 0 Å². The lowest BCUT2D eigenvalue weighted by Gasteiger charge is -2.23. The van der Waals surface area contributed by atoms with E-state index in [-0.39, 0.29) is 35.9 Å². The van der Waals surface area contributed by atoms with Crippen LogP contribution in [0.5, 0.6) is 0 Å². The molecule has 2 atom stereocenters. The summed E-state index contributed by atoms with van der Waals surface area (Å²) in [4.78, 5) is 4.43. The molecule has 2 aliphatic rings. The number of nitrogens with zero attached hydrogens (tertiary/aromatic N) is 1. The molecule has 2 aliphatic carbocycles. The third-order valence-corrected chi connectivity index (χ3v) is 5.21. The Balaban J connectivity index is 0.00000242. The number of rotatable bonds is 5. The molecule has 0 heterocycles. The Labute approximate surface area is 151 Å². The molecule has 0 aromatic carbocycles. The fraction of sp³-hybridized carbons (Fsp3) is 0.929. The largest absolute Gasteiger partial charge is 0.370 e. The van der Waals surface area contributed by atoms with E-state index in [1.807, 2.05) is 0 Å². The Hall–Kier alpha value is -0.0900. The first-order valence-electron chi connectivity index (χ1n) is 7.98. The third kappa shape index (κ3) is 6.99. The van der Waals surface area contributed by atoms with Gasteiger partial charge in [-0.25, -0.2) is 13.1 Å². The summed E-state index contributed by atoms with van der Waals surface area (Å²) < 4.78 is 25.4. The van der Waals surface area contributed by atoms with Crippen molar-refractivity contribution in [1.29, 1.82) is 0 Å². The van der Waals surface area contributed by atoms with Gasteiger partial charge in [-0.15, -0.1) is 24.0 Å². The summed E-state index contributed by atoms with van der Waals surface area (Å²) in [6, 6.07) is 0.460. The number of aliphatic imine (C=N–C) groups is 1. The molecule has 22 heavy (non-hydrogen) atoms. The monoisotopic (exact) mass is 444 g/mol. The van der Waals surface area contributed by atoms with E-state index in [2.05, 4.69) is 15.0 Å². The highest BCUT2D eigenvalue weighted by atomic mass is 127. The van der Waals surface area contributed by atoms with E-state index in [0.29, 0.717) is 18.5 Å². The van der Waals surface area contributed by atoms with Crippen LogP contribution in [-0.4, -0.2) is 39.3 Å². The lowest BCUT2D eigenvalue weighted by atomic mass is 9.96. The number of hydrogen-bond acceptors (Lipinski definition) is 3. The van der Waals surface area contributed by atoms with Crippen LogP contribution >= 0.6 is 24.0 Å². The van der Waals surface area contributed by atoms with Crippen molar-refractivity contribution < 1.29 is 8.42 Å². The first kappa shape index (κ1) is 20.0. The Morgan fingerprint density at radius 2 is 1.82 bits per heavy atom. The van der Waals surface area contributed by atoms with Crippen molar-refractivity contribution in [2.24, 2.45) is 16.6 Å². The summed E-state index contributed by atoms with van der Waals surface area (Å²) in [6.45, 7) is 0.596. The van der Waals surface area contributed by atoms with Crippen LogP contribution in [0.3, 0.4) is 0 Å². The normalized spacial score (nSPS) is 27.4. The molecule has 2 saturated carbocycles. The molecule has 0 saturated heterocycles. The second kappa shape index (κ2) is 9.27. The lowest BCUT2D eigenvalue weighted by molar-refractivity contribution is 0.410. The summed E-state index contributed by atoms with van der Waals surface area (Å²) in [5, 5.41) is 3.29. The molecule has 2 unspecified atom stereocenters. The fourth-order valence-corrected chi connectivity index (χ4v) is 4.26. The quantitative estimate of drug-likeness (QED) is 0.341. The molecular formula is C14H29IN4O2S. The maximum atomic E-state index is 11.3. The molecule has 0 aromatic heterocycles. The molecule has 2 fully saturated rings. The van der Waals surface area contributed by atoms with Crippen molar-refractivity contribution in [1.82, 2.24) is 10.0 Å². The molecule has 0 spiro atoms. The first-order valence-corrected chi connectivity index (χ1v) is 9.87. The van der Waals surface area contributed by atoms with Gasteiger partial charge in [0.1, 0.15) is 0 Å². The fourth-order valence-electron chi connectivity index (χ4n) is 3.40. The van der Waals surface area contributed by atoms with Crippen LogP contribution in [0.4, 0.5) is 0 Å². The minimum atomic E-state index is -3.15. The van der Waals surface area contributed by atoms with Gasteiger partial charge in [0, 0.05) is 18.6 Å². The third-order valence-electron chi connectivity index (χ3n) is 4.48. The Kier molecular flexibility index (Phi) is 8.40. The molecule has 0 radical (unpaired) electrons. The smallest absolute Gasteiger partial charge is 0.208 e. The minimum Gasteiger partial charge on any atom is -0.370 e. The van der Waals surface area contributed by atoms with Crippen LogP contribution in [0.15, 0.2) is 4.99 Å². The SMILES string of the molecule is CS(=O)(=O)NC1CCCC1CN=C(N)NC1CCCCC1.I. The van der Waals surface area contributed by atoms with Crippen molar-refractivity contribution >= 4 is 40.0 Å². The highest BCUT2D eigenvalue weighted by Gasteiger charge is 2.29. The topological polar surface area (TPSA) is 96.6 Å². The van der Waals surface area contributed by atoms with E-state index in [0.717, 1.165) is 32.1 Å². The molecule has 0 aromatic rings. The van der Waals surface area contributed by atoms with Gasteiger partial charge in [-0.1, -0.05) is 25.7 Å². The molecule has 8 heteroatoms. The van der Waals surface area contributed by atoms with Gasteiger partial charge in [0.15, 0.2) is 5.96 Å². The van der Waals surface area contributed by atoms with Crippen LogP contribution in [0.2, 0.25) is 0 Å². The highest BCUT2D eigenvalue weighted by Crippen LogP contribution is 2.26. The number of halogens is 1. The lowest BCUT2D eigenvalue weighted by Crippen LogP contribution is -2.42. The summed E-state index contributed by atoms with van der Waals surface area (Å²) in [5.74, 6) is 0.762. The average Bonchev–Trinajstić information content (AvgIpc) is 2.82. The second-order valence-electron chi connectivity index (χ2n) is 6.39. The number of nitrogens with two attached hydrogens (primary N) is 1. The van der Waals surface area contributed by atoms with Gasteiger partial charge < -0.3 is 11.1 Å². The molecule has 0 aliphatic heterocycles. The summed E-state index contributed by atoms with van der Waals surface area (Å²) in [5.41, 5.74) is 5.96. The van der Waals surface area contributed by atoms with E-state index in [4.69, 9.17) is 5.73 Å². The standard InChI is InChI=1S/C14H28N4O2S.HI/c1-21(19,20)18-13-9-5-6-11(13)10-16-14(15)17-12-7-3-2-4-8-12;/h11-13,18H,2-10H2,1H3,(H3,15,16,17);1H. The van der Waals surface area contributed by atoms with Gasteiger partial charge in [-0.05, 0) is 31.6 Å². The predicted octanol–water partition coefficient (Wildman–Crippen LogP) is 1.56. The average molecular weight is 444 g/mol. The molecule has 4 N–H and O–H groups in total. The van der Waals surface area contributed by atoms with Crippen LogP contribution in [0.1, 0.15) is 51.4 Å². The molecule has 0 bridgehead atoms.